The molecule has 0 unspecified atom stereocenters. The highest BCUT2D eigenvalue weighted by Gasteiger charge is 2.21. The Morgan fingerprint density at radius 1 is 1.42 bits per heavy atom. The number of ether oxygens (including phenoxy) is 2. The van der Waals surface area contributed by atoms with Gasteiger partial charge < -0.3 is 15.2 Å². The summed E-state index contributed by atoms with van der Waals surface area (Å²) in [5.74, 6) is -0.574. The van der Waals surface area contributed by atoms with Crippen LogP contribution in [0.4, 0.5) is 11.4 Å². The Labute approximate surface area is 109 Å². The molecule has 1 aliphatic heterocycles. The fraction of sp³-hybridized carbons (Fsp3) is 0.417. The van der Waals surface area contributed by atoms with Crippen LogP contribution >= 0.6 is 0 Å². The Balaban J connectivity index is 2.10. The first kappa shape index (κ1) is 13.3. The summed E-state index contributed by atoms with van der Waals surface area (Å²) in [7, 11) is 0. The van der Waals surface area contributed by atoms with Gasteiger partial charge in [0.05, 0.1) is 23.7 Å². The van der Waals surface area contributed by atoms with Gasteiger partial charge in [0, 0.05) is 18.9 Å². The number of nitrogens with zero attached hydrogens (tertiary/aromatic N) is 1. The van der Waals surface area contributed by atoms with Crippen molar-refractivity contribution < 1.29 is 19.2 Å². The molecular weight excluding hydrogens is 252 g/mol. The van der Waals surface area contributed by atoms with E-state index in [9.17, 15) is 14.9 Å². The molecule has 0 amide bonds. The standard InChI is InChI=1S/C12H14N2O5/c13-10-2-1-8(7-11(10)14(16)17)12(15)19-9-3-5-18-6-4-9/h1-2,7,9H,3-6,13H2. The predicted octanol–water partition coefficient (Wildman–Crippen LogP) is 1.51. The third-order valence-corrected chi connectivity index (χ3v) is 2.90. The minimum absolute atomic E-state index is 0.0209. The molecule has 0 aromatic heterocycles. The van der Waals surface area contributed by atoms with Crippen LogP contribution in [-0.2, 0) is 9.47 Å². The van der Waals surface area contributed by atoms with E-state index in [0.717, 1.165) is 6.07 Å². The normalized spacial score (nSPS) is 16.0. The highest BCUT2D eigenvalue weighted by molar-refractivity contribution is 5.91. The number of nitro benzene ring substituents is 1. The average Bonchev–Trinajstić information content (AvgIpc) is 2.40. The topological polar surface area (TPSA) is 105 Å². The number of anilines is 1. The van der Waals surface area contributed by atoms with Gasteiger partial charge in [0.25, 0.3) is 5.69 Å². The number of rotatable bonds is 3. The molecule has 0 bridgehead atoms. The maximum atomic E-state index is 11.9. The van der Waals surface area contributed by atoms with Gasteiger partial charge in [-0.3, -0.25) is 10.1 Å². The van der Waals surface area contributed by atoms with E-state index >= 15 is 0 Å². The zero-order chi connectivity index (χ0) is 13.8. The number of nitrogens with two attached hydrogens (primary N) is 1. The molecule has 19 heavy (non-hydrogen) atoms. The molecule has 7 nitrogen and oxygen atoms in total. The van der Waals surface area contributed by atoms with E-state index in [1.54, 1.807) is 0 Å². The van der Waals surface area contributed by atoms with Crippen LogP contribution < -0.4 is 5.73 Å². The summed E-state index contributed by atoms with van der Waals surface area (Å²) in [5.41, 5.74) is 5.33. The van der Waals surface area contributed by atoms with Gasteiger partial charge in [-0.15, -0.1) is 0 Å². The maximum Gasteiger partial charge on any atom is 0.338 e. The van der Waals surface area contributed by atoms with Crippen LogP contribution in [0.2, 0.25) is 0 Å². The number of carbonyl (C=O) groups is 1. The second-order valence-corrected chi connectivity index (χ2v) is 4.25. The van der Waals surface area contributed by atoms with Crippen LogP contribution in [0.5, 0.6) is 0 Å². The van der Waals surface area contributed by atoms with E-state index in [-0.39, 0.29) is 23.0 Å². The molecule has 0 aliphatic carbocycles. The van der Waals surface area contributed by atoms with Gasteiger partial charge >= 0.3 is 5.97 Å². The lowest BCUT2D eigenvalue weighted by Crippen LogP contribution is -2.26. The molecule has 1 saturated heterocycles. The molecule has 1 fully saturated rings. The minimum atomic E-state index is -0.624. The largest absolute Gasteiger partial charge is 0.459 e. The highest BCUT2D eigenvalue weighted by Crippen LogP contribution is 2.23. The Morgan fingerprint density at radius 3 is 2.74 bits per heavy atom. The number of hydrogen-bond donors (Lipinski definition) is 1. The second-order valence-electron chi connectivity index (χ2n) is 4.25. The van der Waals surface area contributed by atoms with E-state index in [1.807, 2.05) is 0 Å². The molecule has 0 spiro atoms. The van der Waals surface area contributed by atoms with Crippen molar-refractivity contribution in [1.29, 1.82) is 0 Å². The Hall–Kier alpha value is -2.15. The van der Waals surface area contributed by atoms with E-state index in [0.29, 0.717) is 26.1 Å². The van der Waals surface area contributed by atoms with Gasteiger partial charge in [0.15, 0.2) is 0 Å². The number of hydrogen-bond acceptors (Lipinski definition) is 6. The Bertz CT molecular complexity index is 497. The first-order chi connectivity index (χ1) is 9.08. The lowest BCUT2D eigenvalue weighted by atomic mass is 10.1. The fourth-order valence-electron chi connectivity index (χ4n) is 1.84. The van der Waals surface area contributed by atoms with Gasteiger partial charge in [-0.1, -0.05) is 0 Å². The van der Waals surface area contributed by atoms with Crippen molar-refractivity contribution in [2.45, 2.75) is 18.9 Å². The monoisotopic (exact) mass is 266 g/mol. The molecule has 0 radical (unpaired) electrons. The third-order valence-electron chi connectivity index (χ3n) is 2.90. The third kappa shape index (κ3) is 3.19. The number of nitrogen functional groups attached to an aromatic ring is 1. The van der Waals surface area contributed by atoms with Crippen LogP contribution in [0.15, 0.2) is 18.2 Å². The lowest BCUT2D eigenvalue weighted by molar-refractivity contribution is -0.383. The summed E-state index contributed by atoms with van der Waals surface area (Å²) in [4.78, 5) is 22.0. The number of esters is 1. The molecule has 102 valence electrons. The molecule has 1 aromatic rings. The fourth-order valence-corrected chi connectivity index (χ4v) is 1.84. The Kier molecular flexibility index (Phi) is 3.96. The molecule has 2 N–H and O–H groups in total. The van der Waals surface area contributed by atoms with Crippen molar-refractivity contribution in [1.82, 2.24) is 0 Å². The van der Waals surface area contributed by atoms with Gasteiger partial charge in [-0.05, 0) is 12.1 Å². The molecule has 2 rings (SSSR count). The molecule has 1 aliphatic rings. The van der Waals surface area contributed by atoms with Gasteiger partial charge in [-0.25, -0.2) is 4.79 Å². The first-order valence-electron chi connectivity index (χ1n) is 5.90. The quantitative estimate of drug-likeness (QED) is 0.385. The first-order valence-corrected chi connectivity index (χ1v) is 5.90. The zero-order valence-corrected chi connectivity index (χ0v) is 10.2. The Morgan fingerprint density at radius 2 is 2.11 bits per heavy atom. The lowest BCUT2D eigenvalue weighted by Gasteiger charge is -2.22. The van der Waals surface area contributed by atoms with Crippen molar-refractivity contribution in [2.75, 3.05) is 18.9 Å². The summed E-state index contributed by atoms with van der Waals surface area (Å²) in [5, 5.41) is 10.7. The molecule has 1 heterocycles. The van der Waals surface area contributed by atoms with E-state index in [4.69, 9.17) is 15.2 Å². The maximum absolute atomic E-state index is 11.9. The van der Waals surface area contributed by atoms with E-state index in [2.05, 4.69) is 0 Å². The van der Waals surface area contributed by atoms with Crippen LogP contribution in [0.25, 0.3) is 0 Å². The molecule has 0 saturated carbocycles. The molecule has 0 atom stereocenters. The average molecular weight is 266 g/mol. The van der Waals surface area contributed by atoms with Crippen molar-refractivity contribution in [3.8, 4) is 0 Å². The van der Waals surface area contributed by atoms with Gasteiger partial charge in [-0.2, -0.15) is 0 Å². The number of benzene rings is 1. The van der Waals surface area contributed by atoms with Crippen LogP contribution in [0, 0.1) is 10.1 Å². The summed E-state index contributed by atoms with van der Waals surface area (Å²) >= 11 is 0. The molecule has 7 heteroatoms. The van der Waals surface area contributed by atoms with E-state index in [1.165, 1.54) is 12.1 Å². The predicted molar refractivity (Wildman–Crippen MR) is 66.8 cm³/mol. The van der Waals surface area contributed by atoms with Gasteiger partial charge in [0.2, 0.25) is 0 Å². The van der Waals surface area contributed by atoms with Crippen molar-refractivity contribution in [3.63, 3.8) is 0 Å². The van der Waals surface area contributed by atoms with Crippen molar-refractivity contribution in [2.24, 2.45) is 0 Å². The van der Waals surface area contributed by atoms with E-state index < -0.39 is 10.9 Å². The van der Waals surface area contributed by atoms with Crippen LogP contribution in [0.1, 0.15) is 23.2 Å². The van der Waals surface area contributed by atoms with Crippen molar-refractivity contribution in [3.05, 3.63) is 33.9 Å². The smallest absolute Gasteiger partial charge is 0.338 e. The van der Waals surface area contributed by atoms with Crippen LogP contribution in [-0.4, -0.2) is 30.2 Å². The number of nitro groups is 1. The van der Waals surface area contributed by atoms with Crippen LogP contribution in [0.3, 0.4) is 0 Å². The summed E-state index contributed by atoms with van der Waals surface area (Å²) in [6, 6.07) is 3.89. The summed E-state index contributed by atoms with van der Waals surface area (Å²) < 4.78 is 10.4. The SMILES string of the molecule is Nc1ccc(C(=O)OC2CCOCC2)cc1[N+](=O)[O-]. The minimum Gasteiger partial charge on any atom is -0.459 e. The van der Waals surface area contributed by atoms with Gasteiger partial charge in [0.1, 0.15) is 11.8 Å². The van der Waals surface area contributed by atoms with Crippen molar-refractivity contribution >= 4 is 17.3 Å². The highest BCUT2D eigenvalue weighted by atomic mass is 16.6. The molecular formula is C12H14N2O5. The second kappa shape index (κ2) is 5.66. The summed E-state index contributed by atoms with van der Waals surface area (Å²) in [6.45, 7) is 1.11. The summed E-state index contributed by atoms with van der Waals surface area (Å²) in [6.07, 6.45) is 1.09. The molecule has 1 aromatic carbocycles. The zero-order valence-electron chi connectivity index (χ0n) is 10.2. The number of carbonyl (C=O) groups excluding carboxylic acids is 1.